The van der Waals surface area contributed by atoms with Crippen LogP contribution in [0.25, 0.3) is 0 Å². The standard InChI is InChI=1S/C11H11N3O2S2/c1-5-3-7(17-6(5)2)10(16)14-11-13-4-8(18-11)9(12)15/h3-4H,1-2H3,(H2,12,15)(H,13,14,16). The van der Waals surface area contributed by atoms with Crippen LogP contribution in [-0.2, 0) is 0 Å². The van der Waals surface area contributed by atoms with E-state index in [-0.39, 0.29) is 5.91 Å². The van der Waals surface area contributed by atoms with Crippen LogP contribution in [0.1, 0.15) is 29.8 Å². The molecule has 2 aromatic heterocycles. The van der Waals surface area contributed by atoms with Gasteiger partial charge in [0, 0.05) is 4.88 Å². The predicted octanol–water partition coefficient (Wildman–Crippen LogP) is 2.17. The van der Waals surface area contributed by atoms with Crippen molar-refractivity contribution in [1.29, 1.82) is 0 Å². The molecule has 0 saturated heterocycles. The zero-order chi connectivity index (χ0) is 13.3. The first-order valence-corrected chi connectivity index (χ1v) is 6.74. The minimum absolute atomic E-state index is 0.221. The maximum absolute atomic E-state index is 11.9. The number of nitrogens with one attached hydrogen (secondary N) is 1. The summed E-state index contributed by atoms with van der Waals surface area (Å²) in [6.45, 7) is 3.92. The average Bonchev–Trinajstić information content (AvgIpc) is 2.87. The Hall–Kier alpha value is -1.73. The van der Waals surface area contributed by atoms with E-state index in [4.69, 9.17) is 5.73 Å². The Morgan fingerprint density at radius 1 is 1.28 bits per heavy atom. The summed E-state index contributed by atoms with van der Waals surface area (Å²) in [4.78, 5) is 28.8. The molecule has 0 unspecified atom stereocenters. The van der Waals surface area contributed by atoms with Gasteiger partial charge in [-0.2, -0.15) is 0 Å². The van der Waals surface area contributed by atoms with Gasteiger partial charge in [-0.3, -0.25) is 14.9 Å². The summed E-state index contributed by atoms with van der Waals surface area (Å²) in [7, 11) is 0. The topological polar surface area (TPSA) is 85.1 Å². The lowest BCUT2D eigenvalue weighted by molar-refractivity contribution is 0.100. The van der Waals surface area contributed by atoms with Crippen molar-refractivity contribution in [3.63, 3.8) is 0 Å². The van der Waals surface area contributed by atoms with Gasteiger partial charge >= 0.3 is 0 Å². The van der Waals surface area contributed by atoms with Gasteiger partial charge in [0.05, 0.1) is 11.1 Å². The number of aryl methyl sites for hydroxylation is 2. The first kappa shape index (κ1) is 12.7. The van der Waals surface area contributed by atoms with Crippen LogP contribution in [0.15, 0.2) is 12.3 Å². The normalized spacial score (nSPS) is 10.3. The number of anilines is 1. The molecule has 2 heterocycles. The fourth-order valence-corrected chi connectivity index (χ4v) is 2.88. The molecule has 94 valence electrons. The van der Waals surface area contributed by atoms with Gasteiger partial charge in [-0.15, -0.1) is 11.3 Å². The van der Waals surface area contributed by atoms with Crippen molar-refractivity contribution in [2.75, 3.05) is 5.32 Å². The van der Waals surface area contributed by atoms with Gasteiger partial charge in [0.1, 0.15) is 4.88 Å². The van der Waals surface area contributed by atoms with E-state index in [1.54, 1.807) is 0 Å². The minimum Gasteiger partial charge on any atom is -0.365 e. The first-order chi connectivity index (χ1) is 8.47. The van der Waals surface area contributed by atoms with E-state index in [9.17, 15) is 9.59 Å². The van der Waals surface area contributed by atoms with Crippen LogP contribution in [0.5, 0.6) is 0 Å². The molecule has 0 atom stereocenters. The Morgan fingerprint density at radius 3 is 2.50 bits per heavy atom. The number of nitrogens with two attached hydrogens (primary N) is 1. The second-order valence-electron chi connectivity index (χ2n) is 3.70. The van der Waals surface area contributed by atoms with Gasteiger partial charge in [0.2, 0.25) is 0 Å². The van der Waals surface area contributed by atoms with E-state index in [0.717, 1.165) is 21.8 Å². The fraction of sp³-hybridized carbons (Fsp3) is 0.182. The molecule has 0 aromatic carbocycles. The zero-order valence-corrected chi connectivity index (χ0v) is 11.4. The largest absolute Gasteiger partial charge is 0.365 e. The lowest BCUT2D eigenvalue weighted by Crippen LogP contribution is -2.10. The highest BCUT2D eigenvalue weighted by atomic mass is 32.1. The van der Waals surface area contributed by atoms with Gasteiger partial charge in [-0.25, -0.2) is 4.98 Å². The van der Waals surface area contributed by atoms with Crippen LogP contribution in [-0.4, -0.2) is 16.8 Å². The molecule has 0 radical (unpaired) electrons. The number of nitrogens with zero attached hydrogens (tertiary/aromatic N) is 1. The summed E-state index contributed by atoms with van der Waals surface area (Å²) >= 11 is 2.49. The van der Waals surface area contributed by atoms with Gasteiger partial charge in [0.25, 0.3) is 11.8 Å². The molecule has 0 spiro atoms. The number of amides is 2. The van der Waals surface area contributed by atoms with Crippen LogP contribution >= 0.6 is 22.7 Å². The third-order valence-electron chi connectivity index (χ3n) is 2.36. The van der Waals surface area contributed by atoms with Crippen molar-refractivity contribution in [2.24, 2.45) is 5.73 Å². The number of thiazole rings is 1. The van der Waals surface area contributed by atoms with Gasteiger partial charge < -0.3 is 5.73 Å². The SMILES string of the molecule is Cc1cc(C(=O)Nc2ncc(C(N)=O)s2)sc1C. The molecular weight excluding hydrogens is 270 g/mol. The second-order valence-corrected chi connectivity index (χ2v) is 5.98. The average molecular weight is 281 g/mol. The molecule has 3 N–H and O–H groups in total. The number of aromatic nitrogens is 1. The summed E-state index contributed by atoms with van der Waals surface area (Å²) in [5.41, 5.74) is 6.20. The highest BCUT2D eigenvalue weighted by Gasteiger charge is 2.13. The predicted molar refractivity (Wildman–Crippen MR) is 72.4 cm³/mol. The van der Waals surface area contributed by atoms with Crippen molar-refractivity contribution in [3.8, 4) is 0 Å². The highest BCUT2D eigenvalue weighted by Crippen LogP contribution is 2.23. The molecule has 18 heavy (non-hydrogen) atoms. The molecule has 7 heteroatoms. The Labute approximate surface area is 112 Å². The number of thiophene rings is 1. The third kappa shape index (κ3) is 2.57. The summed E-state index contributed by atoms with van der Waals surface area (Å²) in [5.74, 6) is -0.766. The van der Waals surface area contributed by atoms with Gasteiger partial charge in [-0.1, -0.05) is 11.3 Å². The lowest BCUT2D eigenvalue weighted by atomic mass is 10.3. The summed E-state index contributed by atoms with van der Waals surface area (Å²) in [6.07, 6.45) is 1.35. The van der Waals surface area contributed by atoms with Gasteiger partial charge in [0.15, 0.2) is 5.13 Å². The maximum atomic E-state index is 11.9. The molecule has 0 aliphatic rings. The van der Waals surface area contributed by atoms with Crippen LogP contribution in [0.4, 0.5) is 5.13 Å². The van der Waals surface area contributed by atoms with Crippen molar-refractivity contribution >= 4 is 39.6 Å². The minimum atomic E-state index is -0.546. The zero-order valence-electron chi connectivity index (χ0n) is 9.81. The quantitative estimate of drug-likeness (QED) is 0.904. The molecular formula is C11H11N3O2S2. The van der Waals surface area contributed by atoms with Crippen molar-refractivity contribution < 1.29 is 9.59 Å². The van der Waals surface area contributed by atoms with Crippen molar-refractivity contribution in [2.45, 2.75) is 13.8 Å². The van der Waals surface area contributed by atoms with Crippen molar-refractivity contribution in [3.05, 3.63) is 32.5 Å². The summed E-state index contributed by atoms with van der Waals surface area (Å²) < 4.78 is 0. The van der Waals surface area contributed by atoms with E-state index in [2.05, 4.69) is 10.3 Å². The Balaban J connectivity index is 2.13. The molecule has 2 rings (SSSR count). The van der Waals surface area contributed by atoms with E-state index in [1.165, 1.54) is 17.5 Å². The molecule has 0 aliphatic heterocycles. The third-order valence-corrected chi connectivity index (χ3v) is 4.44. The van der Waals surface area contributed by atoms with Crippen molar-refractivity contribution in [1.82, 2.24) is 4.98 Å². The maximum Gasteiger partial charge on any atom is 0.267 e. The van der Waals surface area contributed by atoms with Crippen LogP contribution in [0.2, 0.25) is 0 Å². The molecule has 5 nitrogen and oxygen atoms in total. The monoisotopic (exact) mass is 281 g/mol. The Morgan fingerprint density at radius 2 is 2.00 bits per heavy atom. The van der Waals surface area contributed by atoms with E-state index < -0.39 is 5.91 Å². The number of carbonyl (C=O) groups excluding carboxylic acids is 2. The lowest BCUT2D eigenvalue weighted by Gasteiger charge is -1.97. The second kappa shape index (κ2) is 4.87. The number of carbonyl (C=O) groups is 2. The fourth-order valence-electron chi connectivity index (χ4n) is 1.29. The molecule has 2 aromatic rings. The highest BCUT2D eigenvalue weighted by molar-refractivity contribution is 7.18. The van der Waals surface area contributed by atoms with E-state index in [1.807, 2.05) is 19.9 Å². The molecule has 0 aliphatic carbocycles. The molecule has 0 bridgehead atoms. The first-order valence-electron chi connectivity index (χ1n) is 5.11. The van der Waals surface area contributed by atoms with Crippen LogP contribution in [0, 0.1) is 13.8 Å². The van der Waals surface area contributed by atoms with Crippen LogP contribution in [0.3, 0.4) is 0 Å². The van der Waals surface area contributed by atoms with E-state index in [0.29, 0.717) is 14.9 Å². The number of rotatable bonds is 3. The number of hydrogen-bond donors (Lipinski definition) is 2. The Kier molecular flexibility index (Phi) is 3.44. The summed E-state index contributed by atoms with van der Waals surface area (Å²) in [5, 5.41) is 3.02. The molecule has 0 saturated carbocycles. The van der Waals surface area contributed by atoms with Crippen LogP contribution < -0.4 is 11.1 Å². The number of primary amides is 1. The smallest absolute Gasteiger partial charge is 0.267 e. The molecule has 0 fully saturated rings. The summed E-state index contributed by atoms with van der Waals surface area (Å²) in [6, 6.07) is 1.83. The van der Waals surface area contributed by atoms with Gasteiger partial charge in [-0.05, 0) is 25.5 Å². The Bertz CT molecular complexity index is 596. The van der Waals surface area contributed by atoms with E-state index >= 15 is 0 Å². The molecule has 2 amide bonds. The number of hydrogen-bond acceptors (Lipinski definition) is 5.